The lowest BCUT2D eigenvalue weighted by molar-refractivity contribution is 0.0693. The molecular weight excluding hydrogens is 679 g/mol. The van der Waals surface area contributed by atoms with Gasteiger partial charge in [-0.1, -0.05) is 142 Å². The molecular formula is C50H47NO4. The second-order valence-corrected chi connectivity index (χ2v) is 16.7. The standard InChI is InChI=1S/C50H47NO4/c1-30-10-12-32(13-11-30)29-51-42-26-35(25-34-17-20-40-37-22-23-49(2,3)27-36(37)28-50(4,5)47(40)45(34)42)39-19-16-33-8-6-7-9-38(33)46(39)43(52)21-15-31-14-18-41(48(54)55)44(53)24-31/h6-26,43,51-53H,27-29H2,1-5H3,(H,54,55). The number of anilines is 1. The van der Waals surface area contributed by atoms with E-state index in [0.29, 0.717) is 12.1 Å². The summed E-state index contributed by atoms with van der Waals surface area (Å²) in [6.45, 7) is 12.2. The largest absolute Gasteiger partial charge is 0.507 e. The molecule has 2 aliphatic rings. The van der Waals surface area contributed by atoms with Crippen LogP contribution in [0.15, 0.2) is 127 Å². The van der Waals surface area contributed by atoms with Crippen molar-refractivity contribution >= 4 is 44.9 Å². The predicted molar refractivity (Wildman–Crippen MR) is 227 cm³/mol. The van der Waals surface area contributed by atoms with Crippen molar-refractivity contribution in [1.29, 1.82) is 0 Å². The molecule has 6 aromatic carbocycles. The van der Waals surface area contributed by atoms with Crippen molar-refractivity contribution in [2.24, 2.45) is 5.41 Å². The Morgan fingerprint density at radius 1 is 0.855 bits per heavy atom. The van der Waals surface area contributed by atoms with E-state index in [-0.39, 0.29) is 22.1 Å². The second kappa shape index (κ2) is 13.7. The lowest BCUT2D eigenvalue weighted by Gasteiger charge is -2.40. The van der Waals surface area contributed by atoms with Crippen LogP contribution >= 0.6 is 0 Å². The van der Waals surface area contributed by atoms with Gasteiger partial charge < -0.3 is 20.6 Å². The number of fused-ring (bicyclic) bond motifs is 5. The van der Waals surface area contributed by atoms with Crippen LogP contribution in [0.5, 0.6) is 5.75 Å². The van der Waals surface area contributed by atoms with Crippen LogP contribution in [0, 0.1) is 12.3 Å². The van der Waals surface area contributed by atoms with Crippen molar-refractivity contribution in [3.63, 3.8) is 0 Å². The van der Waals surface area contributed by atoms with Crippen molar-refractivity contribution in [3.05, 3.63) is 166 Å². The van der Waals surface area contributed by atoms with Crippen LogP contribution in [0.4, 0.5) is 5.69 Å². The first-order chi connectivity index (χ1) is 26.3. The number of hydrogen-bond acceptors (Lipinski definition) is 4. The number of aromatic hydroxyl groups is 1. The van der Waals surface area contributed by atoms with Gasteiger partial charge in [-0.3, -0.25) is 0 Å². The fourth-order valence-electron chi connectivity index (χ4n) is 8.78. The van der Waals surface area contributed by atoms with E-state index in [1.807, 2.05) is 18.2 Å². The molecule has 0 spiro atoms. The second-order valence-electron chi connectivity index (χ2n) is 16.7. The first-order valence-electron chi connectivity index (χ1n) is 19.0. The van der Waals surface area contributed by atoms with Crippen molar-refractivity contribution in [3.8, 4) is 16.9 Å². The lowest BCUT2D eigenvalue weighted by atomic mass is 9.64. The fourth-order valence-corrected chi connectivity index (χ4v) is 8.78. The van der Waals surface area contributed by atoms with Gasteiger partial charge in [-0.15, -0.1) is 0 Å². The highest BCUT2D eigenvalue weighted by Crippen LogP contribution is 2.53. The molecule has 5 nitrogen and oxygen atoms in total. The SMILES string of the molecule is Cc1ccc(CNc2cc(-c3ccc4ccccc4c3C(O)C=Cc3ccc(C(=O)O)c(O)c3)cc3ccc4c(c23)C(C)(C)CC2=C4C=CC(C)(C)C2)cc1. The summed E-state index contributed by atoms with van der Waals surface area (Å²) >= 11 is 0. The Morgan fingerprint density at radius 3 is 2.36 bits per heavy atom. The number of nitrogens with one attached hydrogen (secondary N) is 1. The highest BCUT2D eigenvalue weighted by Gasteiger charge is 2.37. The zero-order valence-corrected chi connectivity index (χ0v) is 32.1. The Hall–Kier alpha value is -5.91. The summed E-state index contributed by atoms with van der Waals surface area (Å²) < 4.78 is 0. The van der Waals surface area contributed by atoms with Gasteiger partial charge in [0.15, 0.2) is 0 Å². The Balaban J connectivity index is 1.30. The van der Waals surface area contributed by atoms with Crippen molar-refractivity contribution < 1.29 is 20.1 Å². The lowest BCUT2D eigenvalue weighted by Crippen LogP contribution is -2.28. The molecule has 0 saturated heterocycles. The summed E-state index contributed by atoms with van der Waals surface area (Å²) in [4.78, 5) is 11.5. The molecule has 0 amide bonds. The number of hydrogen-bond donors (Lipinski definition) is 4. The minimum atomic E-state index is -1.20. The van der Waals surface area contributed by atoms with E-state index >= 15 is 0 Å². The first-order valence-corrected chi connectivity index (χ1v) is 19.0. The van der Waals surface area contributed by atoms with Crippen LogP contribution in [0.1, 0.15) is 90.4 Å². The molecule has 0 heterocycles. The molecule has 2 aliphatic carbocycles. The molecule has 4 N–H and O–H groups in total. The maximum absolute atomic E-state index is 12.0. The summed E-state index contributed by atoms with van der Waals surface area (Å²) in [6, 6.07) is 34.4. The number of benzene rings is 6. The zero-order valence-electron chi connectivity index (χ0n) is 32.1. The molecule has 0 saturated carbocycles. The molecule has 0 aliphatic heterocycles. The van der Waals surface area contributed by atoms with Gasteiger partial charge in [0.25, 0.3) is 0 Å². The van der Waals surface area contributed by atoms with Gasteiger partial charge >= 0.3 is 5.97 Å². The van der Waals surface area contributed by atoms with E-state index in [1.54, 1.807) is 18.2 Å². The fraction of sp³-hybridized carbons (Fsp3) is 0.220. The smallest absolute Gasteiger partial charge is 0.339 e. The van der Waals surface area contributed by atoms with Crippen LogP contribution < -0.4 is 5.32 Å². The van der Waals surface area contributed by atoms with Gasteiger partial charge in [-0.05, 0) is 110 Å². The number of carbonyl (C=O) groups is 1. The number of rotatable bonds is 8. The van der Waals surface area contributed by atoms with E-state index in [2.05, 4.69) is 119 Å². The summed E-state index contributed by atoms with van der Waals surface area (Å²) in [6.07, 6.45) is 9.20. The predicted octanol–water partition coefficient (Wildman–Crippen LogP) is 12.2. The van der Waals surface area contributed by atoms with Crippen LogP contribution in [-0.4, -0.2) is 21.3 Å². The van der Waals surface area contributed by atoms with Gasteiger partial charge in [-0.2, -0.15) is 0 Å². The molecule has 0 aromatic heterocycles. The molecule has 0 fully saturated rings. The van der Waals surface area contributed by atoms with E-state index in [9.17, 15) is 20.1 Å². The van der Waals surface area contributed by atoms with Crippen LogP contribution in [0.25, 0.3) is 44.3 Å². The van der Waals surface area contributed by atoms with Gasteiger partial charge in [0.05, 0.1) is 6.10 Å². The number of allylic oxidation sites excluding steroid dienone is 4. The number of aliphatic hydroxyl groups excluding tert-OH is 1. The average molecular weight is 726 g/mol. The van der Waals surface area contributed by atoms with E-state index in [0.717, 1.165) is 51.4 Å². The maximum Gasteiger partial charge on any atom is 0.339 e. The monoisotopic (exact) mass is 725 g/mol. The van der Waals surface area contributed by atoms with Gasteiger partial charge in [0.1, 0.15) is 11.3 Å². The molecule has 276 valence electrons. The number of carboxylic acids is 1. The number of aromatic carboxylic acids is 1. The number of aryl methyl sites for hydroxylation is 1. The maximum atomic E-state index is 12.0. The molecule has 1 atom stereocenters. The van der Waals surface area contributed by atoms with Crippen molar-refractivity contribution in [2.45, 2.75) is 65.5 Å². The molecule has 8 rings (SSSR count). The Bertz CT molecular complexity index is 2600. The van der Waals surface area contributed by atoms with Gasteiger partial charge in [0.2, 0.25) is 0 Å². The summed E-state index contributed by atoms with van der Waals surface area (Å²) in [7, 11) is 0. The summed E-state index contributed by atoms with van der Waals surface area (Å²) in [5.74, 6) is -1.52. The summed E-state index contributed by atoms with van der Waals surface area (Å²) in [5.41, 5.74) is 12.2. The number of phenols is 1. The molecule has 0 bridgehead atoms. The number of aliphatic hydroxyl groups is 1. The molecule has 55 heavy (non-hydrogen) atoms. The minimum Gasteiger partial charge on any atom is -0.507 e. The van der Waals surface area contributed by atoms with E-state index in [1.165, 1.54) is 50.9 Å². The third-order valence-electron chi connectivity index (χ3n) is 11.4. The first kappa shape index (κ1) is 36.1. The van der Waals surface area contributed by atoms with Crippen molar-refractivity contribution in [2.75, 3.05) is 5.32 Å². The normalized spacial score (nSPS) is 16.3. The van der Waals surface area contributed by atoms with Gasteiger partial charge in [0, 0.05) is 23.2 Å². The number of carboxylic acid groups (broad SMARTS) is 1. The Kier molecular flexibility index (Phi) is 9.02. The third kappa shape index (κ3) is 6.85. The molecule has 0 radical (unpaired) electrons. The Morgan fingerprint density at radius 2 is 1.60 bits per heavy atom. The van der Waals surface area contributed by atoms with Crippen LogP contribution in [0.3, 0.4) is 0 Å². The average Bonchev–Trinajstić information content (AvgIpc) is 3.15. The highest BCUT2D eigenvalue weighted by atomic mass is 16.4. The molecule has 1 unspecified atom stereocenters. The summed E-state index contributed by atoms with van der Waals surface area (Å²) in [5, 5.41) is 39.9. The van der Waals surface area contributed by atoms with Crippen LogP contribution in [-0.2, 0) is 12.0 Å². The van der Waals surface area contributed by atoms with Crippen molar-refractivity contribution in [1.82, 2.24) is 0 Å². The topological polar surface area (TPSA) is 89.8 Å². The molecule has 6 aromatic rings. The van der Waals surface area contributed by atoms with Gasteiger partial charge in [-0.25, -0.2) is 4.79 Å². The third-order valence-corrected chi connectivity index (χ3v) is 11.4. The highest BCUT2D eigenvalue weighted by molar-refractivity contribution is 6.05. The van der Waals surface area contributed by atoms with E-state index in [4.69, 9.17) is 0 Å². The zero-order chi connectivity index (χ0) is 38.6. The quantitative estimate of drug-likeness (QED) is 0.125. The molecule has 5 heteroatoms. The van der Waals surface area contributed by atoms with E-state index < -0.39 is 12.1 Å². The minimum absolute atomic E-state index is 0.0943. The Labute approximate surface area is 323 Å². The van der Waals surface area contributed by atoms with Crippen LogP contribution in [0.2, 0.25) is 0 Å².